The molecule has 0 radical (unpaired) electrons. The lowest BCUT2D eigenvalue weighted by atomic mass is 9.88. The van der Waals surface area contributed by atoms with Gasteiger partial charge in [-0.05, 0) is 40.5 Å². The van der Waals surface area contributed by atoms with E-state index < -0.39 is 22.8 Å². The van der Waals surface area contributed by atoms with Crippen LogP contribution in [0.3, 0.4) is 0 Å². The fraction of sp³-hybridized carbons (Fsp3) is 0.857. The van der Waals surface area contributed by atoms with Crippen LogP contribution in [0.15, 0.2) is 0 Å². The van der Waals surface area contributed by atoms with Crippen molar-refractivity contribution >= 4 is 33.5 Å². The molecule has 6 heteroatoms. The minimum Gasteiger partial charge on any atom is -0.481 e. The maximum atomic E-state index is 11.1. The van der Waals surface area contributed by atoms with E-state index in [0.29, 0.717) is 12.8 Å². The van der Waals surface area contributed by atoms with E-state index in [1.807, 2.05) is 13.8 Å². The van der Waals surface area contributed by atoms with Gasteiger partial charge in [-0.1, -0.05) is 35.4 Å². The van der Waals surface area contributed by atoms with Gasteiger partial charge in [0, 0.05) is 10.5 Å². The van der Waals surface area contributed by atoms with Crippen molar-refractivity contribution in [3.8, 4) is 0 Å². The molecule has 0 aliphatic carbocycles. The second-order valence-corrected chi connectivity index (χ2v) is 9.75. The van der Waals surface area contributed by atoms with Crippen LogP contribution in [0.25, 0.3) is 0 Å². The van der Waals surface area contributed by atoms with Gasteiger partial charge >= 0.3 is 11.9 Å². The summed E-state index contributed by atoms with van der Waals surface area (Å²) in [6.07, 6.45) is 1.18. The zero-order valence-electron chi connectivity index (χ0n) is 13.1. The molecule has 118 valence electrons. The fourth-order valence-electron chi connectivity index (χ4n) is 1.87. The number of rotatable bonds is 9. The summed E-state index contributed by atoms with van der Waals surface area (Å²) in [6, 6.07) is 0. The predicted octanol–water partition coefficient (Wildman–Crippen LogP) is 4.15. The third-order valence-corrected chi connectivity index (χ3v) is 6.54. The molecule has 0 fully saturated rings. The third kappa shape index (κ3) is 6.88. The van der Waals surface area contributed by atoms with Gasteiger partial charge in [0.15, 0.2) is 0 Å². The van der Waals surface area contributed by atoms with E-state index in [-0.39, 0.29) is 10.5 Å². The van der Waals surface area contributed by atoms with Gasteiger partial charge < -0.3 is 10.2 Å². The molecule has 2 unspecified atom stereocenters. The average molecular weight is 322 g/mol. The van der Waals surface area contributed by atoms with Crippen molar-refractivity contribution in [3.63, 3.8) is 0 Å². The van der Waals surface area contributed by atoms with Gasteiger partial charge in [0.1, 0.15) is 0 Å². The molecule has 0 bridgehead atoms. The summed E-state index contributed by atoms with van der Waals surface area (Å²) in [5, 5.41) is 18.6. The Kier molecular flexibility index (Phi) is 7.46. The van der Waals surface area contributed by atoms with Crippen molar-refractivity contribution in [2.24, 2.45) is 10.8 Å². The van der Waals surface area contributed by atoms with Crippen LogP contribution in [0.2, 0.25) is 0 Å². The highest BCUT2D eigenvalue weighted by atomic mass is 33.1. The molecule has 0 aromatic heterocycles. The lowest BCUT2D eigenvalue weighted by molar-refractivity contribution is -0.148. The van der Waals surface area contributed by atoms with Gasteiger partial charge in [-0.3, -0.25) is 9.59 Å². The van der Waals surface area contributed by atoms with Crippen LogP contribution in [0.5, 0.6) is 0 Å². The Morgan fingerprint density at radius 2 is 1.10 bits per heavy atom. The molecule has 0 spiro atoms. The fourth-order valence-corrected chi connectivity index (χ4v) is 4.76. The topological polar surface area (TPSA) is 74.6 Å². The van der Waals surface area contributed by atoms with E-state index >= 15 is 0 Å². The quantitative estimate of drug-likeness (QED) is 0.621. The van der Waals surface area contributed by atoms with E-state index in [2.05, 4.69) is 0 Å². The van der Waals surface area contributed by atoms with Gasteiger partial charge in [-0.15, -0.1) is 0 Å². The summed E-state index contributed by atoms with van der Waals surface area (Å²) in [7, 11) is 3.28. The summed E-state index contributed by atoms with van der Waals surface area (Å²) in [5.41, 5.74) is -1.45. The lowest BCUT2D eigenvalue weighted by Gasteiger charge is -2.25. The van der Waals surface area contributed by atoms with Gasteiger partial charge in [-0.25, -0.2) is 0 Å². The monoisotopic (exact) mass is 322 g/mol. The SMILES string of the molecule is CC(CC(C)(C)C(=O)O)SSC(C)CC(C)(C)C(=O)O. The van der Waals surface area contributed by atoms with E-state index in [1.165, 1.54) is 0 Å². The average Bonchev–Trinajstić information content (AvgIpc) is 2.24. The molecule has 0 rings (SSSR count). The molecule has 20 heavy (non-hydrogen) atoms. The molecule has 0 aromatic carbocycles. The Bertz CT molecular complexity index is 319. The number of hydrogen-bond donors (Lipinski definition) is 2. The normalized spacial score (nSPS) is 15.7. The summed E-state index contributed by atoms with van der Waals surface area (Å²) in [4.78, 5) is 22.2. The molecule has 0 amide bonds. The Balaban J connectivity index is 4.23. The minimum absolute atomic E-state index is 0.210. The maximum Gasteiger partial charge on any atom is 0.309 e. The maximum absolute atomic E-state index is 11.1. The molecule has 0 heterocycles. The lowest BCUT2D eigenvalue weighted by Crippen LogP contribution is -2.27. The number of aliphatic carboxylic acids is 2. The zero-order chi connectivity index (χ0) is 16.1. The van der Waals surface area contributed by atoms with Crippen molar-refractivity contribution in [2.45, 2.75) is 64.9 Å². The van der Waals surface area contributed by atoms with Crippen LogP contribution in [0.4, 0.5) is 0 Å². The number of carbonyl (C=O) groups is 2. The summed E-state index contributed by atoms with van der Waals surface area (Å²) >= 11 is 0. The first-order valence-corrected chi connectivity index (χ1v) is 8.95. The highest BCUT2D eigenvalue weighted by Gasteiger charge is 2.31. The molecule has 0 saturated heterocycles. The minimum atomic E-state index is -0.782. The van der Waals surface area contributed by atoms with Crippen molar-refractivity contribution in [1.82, 2.24) is 0 Å². The highest BCUT2D eigenvalue weighted by molar-refractivity contribution is 8.77. The third-order valence-electron chi connectivity index (χ3n) is 3.14. The van der Waals surface area contributed by atoms with Crippen LogP contribution in [0, 0.1) is 10.8 Å². The predicted molar refractivity (Wildman–Crippen MR) is 86.2 cm³/mol. The second-order valence-electron chi connectivity index (χ2n) is 6.60. The molecular weight excluding hydrogens is 296 g/mol. The molecule has 2 atom stereocenters. The van der Waals surface area contributed by atoms with E-state index in [1.54, 1.807) is 49.3 Å². The summed E-state index contributed by atoms with van der Waals surface area (Å²) < 4.78 is 0. The number of carboxylic acid groups (broad SMARTS) is 2. The molecule has 0 aliphatic rings. The van der Waals surface area contributed by atoms with Crippen LogP contribution in [0.1, 0.15) is 54.4 Å². The molecule has 0 aromatic rings. The highest BCUT2D eigenvalue weighted by Crippen LogP contribution is 2.40. The van der Waals surface area contributed by atoms with Crippen LogP contribution >= 0.6 is 21.6 Å². The van der Waals surface area contributed by atoms with Crippen molar-refractivity contribution in [3.05, 3.63) is 0 Å². The largest absolute Gasteiger partial charge is 0.481 e. The molecule has 0 aliphatic heterocycles. The van der Waals surface area contributed by atoms with Crippen molar-refractivity contribution < 1.29 is 19.8 Å². The molecular formula is C14H26O4S2. The van der Waals surface area contributed by atoms with E-state index in [4.69, 9.17) is 10.2 Å². The van der Waals surface area contributed by atoms with Crippen molar-refractivity contribution in [2.75, 3.05) is 0 Å². The second kappa shape index (κ2) is 7.59. The van der Waals surface area contributed by atoms with Gasteiger partial charge in [-0.2, -0.15) is 0 Å². The molecule has 2 N–H and O–H groups in total. The smallest absolute Gasteiger partial charge is 0.309 e. The number of carboxylic acids is 2. The Hall–Kier alpha value is -0.360. The van der Waals surface area contributed by atoms with Gasteiger partial charge in [0.25, 0.3) is 0 Å². The van der Waals surface area contributed by atoms with Crippen LogP contribution in [-0.4, -0.2) is 32.7 Å². The van der Waals surface area contributed by atoms with E-state index in [0.717, 1.165) is 0 Å². The Labute approximate surface area is 129 Å². The first kappa shape index (κ1) is 19.6. The van der Waals surface area contributed by atoms with Gasteiger partial charge in [0.05, 0.1) is 10.8 Å². The van der Waals surface area contributed by atoms with E-state index in [9.17, 15) is 9.59 Å². The summed E-state index contributed by atoms with van der Waals surface area (Å²) in [5.74, 6) is -1.56. The zero-order valence-corrected chi connectivity index (χ0v) is 14.7. The van der Waals surface area contributed by atoms with Crippen LogP contribution < -0.4 is 0 Å². The standard InChI is InChI=1S/C14H26O4S2/c1-9(7-13(3,4)11(15)16)19-20-10(2)8-14(5,6)12(17)18/h9-10H,7-8H2,1-6H3,(H,15,16)(H,17,18). The first-order valence-electron chi connectivity index (χ1n) is 6.67. The Morgan fingerprint density at radius 3 is 1.30 bits per heavy atom. The first-order chi connectivity index (χ1) is 8.88. The number of hydrogen-bond acceptors (Lipinski definition) is 4. The summed E-state index contributed by atoms with van der Waals surface area (Å²) in [6.45, 7) is 10.9. The Morgan fingerprint density at radius 1 is 0.850 bits per heavy atom. The van der Waals surface area contributed by atoms with Crippen molar-refractivity contribution in [1.29, 1.82) is 0 Å². The molecule has 0 saturated carbocycles. The molecule has 4 nitrogen and oxygen atoms in total. The van der Waals surface area contributed by atoms with Gasteiger partial charge in [0.2, 0.25) is 0 Å². The van der Waals surface area contributed by atoms with Crippen LogP contribution in [-0.2, 0) is 9.59 Å².